The van der Waals surface area contributed by atoms with Crippen LogP contribution in [0.3, 0.4) is 0 Å². The maximum atomic E-state index is 10.6. The zero-order valence-corrected chi connectivity index (χ0v) is 8.78. The normalized spacial score (nSPS) is 14.9. The predicted octanol–water partition coefficient (Wildman–Crippen LogP) is -1.59. The van der Waals surface area contributed by atoms with Crippen LogP contribution in [0.25, 0.3) is 0 Å². The zero-order chi connectivity index (χ0) is 11.4. The van der Waals surface area contributed by atoms with Crippen molar-refractivity contribution in [3.05, 3.63) is 10.0 Å². The molecule has 0 aliphatic rings. The summed E-state index contributed by atoms with van der Waals surface area (Å²) in [5, 5.41) is 17.3. The van der Waals surface area contributed by atoms with Gasteiger partial charge in [0.25, 0.3) is 0 Å². The van der Waals surface area contributed by atoms with Crippen LogP contribution in [0.1, 0.15) is 28.5 Å². The number of carbonyl (C=O) groups excluding carboxylic acids is 1. The largest absolute Gasteiger partial charge is 0.394 e. The van der Waals surface area contributed by atoms with E-state index in [2.05, 4.69) is 10.2 Å². The van der Waals surface area contributed by atoms with Gasteiger partial charge in [-0.25, -0.2) is 0 Å². The molecule has 0 saturated carbocycles. The van der Waals surface area contributed by atoms with Crippen molar-refractivity contribution in [2.75, 3.05) is 6.61 Å². The lowest BCUT2D eigenvalue weighted by Gasteiger charge is -2.03. The quantitative estimate of drug-likeness (QED) is 0.481. The number of nitrogens with zero attached hydrogens (tertiary/aromatic N) is 2. The third-order valence-electron chi connectivity index (χ3n) is 1.71. The topological polar surface area (TPSA) is 141 Å². The van der Waals surface area contributed by atoms with Gasteiger partial charge in [-0.2, -0.15) is 0 Å². The van der Waals surface area contributed by atoms with Crippen LogP contribution in [0.2, 0.25) is 0 Å². The number of aliphatic hydroxyl groups is 1. The average Bonchev–Trinajstić information content (AvgIpc) is 2.64. The molecular weight excluding hydrogens is 218 g/mol. The van der Waals surface area contributed by atoms with Crippen molar-refractivity contribution in [3.8, 4) is 0 Å². The lowest BCUT2D eigenvalue weighted by atomic mass is 10.2. The van der Waals surface area contributed by atoms with Gasteiger partial charge < -0.3 is 22.3 Å². The number of aliphatic hydroxyl groups excluding tert-OH is 1. The Hall–Kier alpha value is -1.09. The van der Waals surface area contributed by atoms with Gasteiger partial charge in [0, 0.05) is 6.42 Å². The van der Waals surface area contributed by atoms with Crippen LogP contribution in [0.5, 0.6) is 0 Å². The summed E-state index contributed by atoms with van der Waals surface area (Å²) in [4.78, 5) is 10.6. The summed E-state index contributed by atoms with van der Waals surface area (Å²) >= 11 is 1.18. The van der Waals surface area contributed by atoms with Gasteiger partial charge >= 0.3 is 0 Å². The smallest absolute Gasteiger partial charge is 0.219 e. The van der Waals surface area contributed by atoms with Gasteiger partial charge in [0.1, 0.15) is 10.0 Å². The first-order valence-electron chi connectivity index (χ1n) is 4.28. The Balaban J connectivity index is 2.70. The number of aromatic nitrogens is 2. The van der Waals surface area contributed by atoms with Crippen LogP contribution in [0, 0.1) is 0 Å². The molecule has 84 valence electrons. The molecular formula is C7H13N5O2S. The minimum atomic E-state index is -0.558. The maximum absolute atomic E-state index is 10.6. The highest BCUT2D eigenvalue weighted by molar-refractivity contribution is 7.11. The molecule has 0 unspecified atom stereocenters. The van der Waals surface area contributed by atoms with Gasteiger partial charge in [-0.1, -0.05) is 11.3 Å². The monoisotopic (exact) mass is 231 g/mol. The first-order valence-corrected chi connectivity index (χ1v) is 5.10. The molecule has 0 fully saturated rings. The molecule has 0 spiro atoms. The zero-order valence-electron chi connectivity index (χ0n) is 7.96. The van der Waals surface area contributed by atoms with Crippen LogP contribution < -0.4 is 17.2 Å². The number of hydrogen-bond donors (Lipinski definition) is 4. The highest BCUT2D eigenvalue weighted by atomic mass is 32.1. The molecule has 0 saturated heterocycles. The van der Waals surface area contributed by atoms with Crippen LogP contribution in [-0.4, -0.2) is 27.8 Å². The Kier molecular flexibility index (Phi) is 4.09. The van der Waals surface area contributed by atoms with Crippen LogP contribution in [-0.2, 0) is 4.79 Å². The van der Waals surface area contributed by atoms with E-state index in [0.29, 0.717) is 10.0 Å². The molecule has 7 nitrogen and oxygen atoms in total. The van der Waals surface area contributed by atoms with E-state index in [1.54, 1.807) is 0 Å². The van der Waals surface area contributed by atoms with Crippen LogP contribution in [0.4, 0.5) is 0 Å². The molecule has 1 aromatic heterocycles. The number of primary amides is 1. The van der Waals surface area contributed by atoms with Crippen molar-refractivity contribution < 1.29 is 9.90 Å². The van der Waals surface area contributed by atoms with E-state index in [4.69, 9.17) is 22.3 Å². The van der Waals surface area contributed by atoms with Crippen molar-refractivity contribution >= 4 is 17.2 Å². The summed E-state index contributed by atoms with van der Waals surface area (Å²) < 4.78 is 0. The van der Waals surface area contributed by atoms with Gasteiger partial charge in [0.15, 0.2) is 0 Å². The molecule has 2 atom stereocenters. The highest BCUT2D eigenvalue weighted by Gasteiger charge is 2.17. The second-order valence-electron chi connectivity index (χ2n) is 3.04. The standard InChI is InChI=1S/C7H13N5O2S/c8-3(1-5(10)14)6-11-12-7(15-6)4(9)2-13/h3-4,13H,1-2,8-9H2,(H2,10,14)/t3-,4-/m0/s1. The van der Waals surface area contributed by atoms with Gasteiger partial charge in [0.2, 0.25) is 5.91 Å². The van der Waals surface area contributed by atoms with Crippen molar-refractivity contribution in [2.45, 2.75) is 18.5 Å². The Morgan fingerprint density at radius 3 is 2.33 bits per heavy atom. The highest BCUT2D eigenvalue weighted by Crippen LogP contribution is 2.21. The summed E-state index contributed by atoms with van der Waals surface area (Å²) in [5.74, 6) is -0.495. The molecule has 1 amide bonds. The summed E-state index contributed by atoms with van der Waals surface area (Å²) in [6, 6.07) is -1.11. The number of carbonyl (C=O) groups is 1. The molecule has 0 bridgehead atoms. The molecule has 0 radical (unpaired) electrons. The van der Waals surface area contributed by atoms with Gasteiger partial charge in [0.05, 0.1) is 18.7 Å². The first-order chi connectivity index (χ1) is 7.04. The maximum Gasteiger partial charge on any atom is 0.219 e. The molecule has 15 heavy (non-hydrogen) atoms. The van der Waals surface area contributed by atoms with Gasteiger partial charge in [-0.15, -0.1) is 10.2 Å². The van der Waals surface area contributed by atoms with Crippen molar-refractivity contribution in [1.29, 1.82) is 0 Å². The first kappa shape index (κ1) is 12.0. The molecule has 0 aliphatic heterocycles. The van der Waals surface area contributed by atoms with E-state index in [1.807, 2.05) is 0 Å². The molecule has 0 aliphatic carbocycles. The number of hydrogen-bond acceptors (Lipinski definition) is 7. The van der Waals surface area contributed by atoms with E-state index >= 15 is 0 Å². The molecule has 1 aromatic rings. The lowest BCUT2D eigenvalue weighted by Crippen LogP contribution is -2.20. The second-order valence-corrected chi connectivity index (χ2v) is 4.09. The summed E-state index contributed by atoms with van der Waals surface area (Å²) in [6.07, 6.45) is 0.0169. The van der Waals surface area contributed by atoms with Crippen LogP contribution in [0.15, 0.2) is 0 Å². The minimum Gasteiger partial charge on any atom is -0.394 e. The summed E-state index contributed by atoms with van der Waals surface area (Å²) in [5.41, 5.74) is 16.2. The van der Waals surface area contributed by atoms with Crippen molar-refractivity contribution in [2.24, 2.45) is 17.2 Å². The average molecular weight is 231 g/mol. The number of rotatable bonds is 5. The Morgan fingerprint density at radius 2 is 1.87 bits per heavy atom. The molecule has 0 aromatic carbocycles. The summed E-state index contributed by atoms with van der Waals surface area (Å²) in [7, 11) is 0. The predicted molar refractivity (Wildman–Crippen MR) is 54.7 cm³/mol. The van der Waals surface area contributed by atoms with Gasteiger partial charge in [-0.05, 0) is 0 Å². The third kappa shape index (κ3) is 3.20. The van der Waals surface area contributed by atoms with Crippen molar-refractivity contribution in [1.82, 2.24) is 10.2 Å². The molecule has 1 heterocycles. The molecule has 8 heteroatoms. The van der Waals surface area contributed by atoms with E-state index in [1.165, 1.54) is 11.3 Å². The minimum absolute atomic E-state index is 0.0169. The third-order valence-corrected chi connectivity index (χ3v) is 2.90. The van der Waals surface area contributed by atoms with Crippen LogP contribution >= 0.6 is 11.3 Å². The number of amides is 1. The fourth-order valence-corrected chi connectivity index (χ4v) is 1.77. The SMILES string of the molecule is NC(=O)C[C@H](N)c1nnc([C@@H](N)CO)s1. The van der Waals surface area contributed by atoms with Crippen molar-refractivity contribution in [3.63, 3.8) is 0 Å². The van der Waals surface area contributed by atoms with E-state index < -0.39 is 18.0 Å². The van der Waals surface area contributed by atoms with Gasteiger partial charge in [-0.3, -0.25) is 4.79 Å². The summed E-state index contributed by atoms with van der Waals surface area (Å²) in [6.45, 7) is -0.209. The Bertz CT molecular complexity index is 342. The lowest BCUT2D eigenvalue weighted by molar-refractivity contribution is -0.118. The fourth-order valence-electron chi connectivity index (χ4n) is 0.928. The number of nitrogens with two attached hydrogens (primary N) is 3. The van der Waals surface area contributed by atoms with E-state index in [-0.39, 0.29) is 13.0 Å². The Morgan fingerprint density at radius 1 is 1.33 bits per heavy atom. The van der Waals surface area contributed by atoms with E-state index in [9.17, 15) is 4.79 Å². The fraction of sp³-hybridized carbons (Fsp3) is 0.571. The van der Waals surface area contributed by atoms with E-state index in [0.717, 1.165) is 0 Å². The Labute approximate surface area is 90.3 Å². The second kappa shape index (κ2) is 5.12. The molecule has 7 N–H and O–H groups in total. The molecule has 1 rings (SSSR count).